The number of carbonyl (C=O) groups excluding carboxylic acids is 1. The van der Waals surface area contributed by atoms with Crippen molar-refractivity contribution in [3.05, 3.63) is 72.1 Å². The van der Waals surface area contributed by atoms with E-state index in [4.69, 9.17) is 4.42 Å². The van der Waals surface area contributed by atoms with Gasteiger partial charge in [0.15, 0.2) is 5.76 Å². The van der Waals surface area contributed by atoms with Gasteiger partial charge >= 0.3 is 6.36 Å². The predicted octanol–water partition coefficient (Wildman–Crippen LogP) is 4.17. The van der Waals surface area contributed by atoms with Crippen molar-refractivity contribution in [3.8, 4) is 17.2 Å². The first-order valence-corrected chi connectivity index (χ1v) is 7.54. The number of amides is 1. The molecule has 0 radical (unpaired) electrons. The average molecular weight is 362 g/mol. The quantitative estimate of drug-likeness (QED) is 0.740. The number of nitrogens with one attached hydrogen (secondary N) is 1. The van der Waals surface area contributed by atoms with E-state index in [0.717, 1.165) is 17.7 Å². The van der Waals surface area contributed by atoms with Gasteiger partial charge in [-0.3, -0.25) is 9.78 Å². The molecule has 0 bridgehead atoms. The van der Waals surface area contributed by atoms with Crippen molar-refractivity contribution in [2.75, 3.05) is 0 Å². The van der Waals surface area contributed by atoms with E-state index in [9.17, 15) is 18.0 Å². The first-order chi connectivity index (χ1) is 12.4. The molecule has 0 saturated carbocycles. The van der Waals surface area contributed by atoms with Gasteiger partial charge in [0.25, 0.3) is 5.91 Å². The highest BCUT2D eigenvalue weighted by Crippen LogP contribution is 2.23. The Bertz CT molecular complexity index is 875. The Morgan fingerprint density at radius 2 is 1.88 bits per heavy atom. The smallest absolute Gasteiger partial charge is 0.463 e. The molecule has 0 fully saturated rings. The van der Waals surface area contributed by atoms with E-state index in [2.05, 4.69) is 15.0 Å². The molecule has 0 saturated heterocycles. The summed E-state index contributed by atoms with van der Waals surface area (Å²) in [7, 11) is 0. The van der Waals surface area contributed by atoms with Gasteiger partial charge in [0.1, 0.15) is 11.4 Å². The van der Waals surface area contributed by atoms with Crippen molar-refractivity contribution in [3.63, 3.8) is 0 Å². The molecule has 5 nitrogen and oxygen atoms in total. The van der Waals surface area contributed by atoms with Gasteiger partial charge in [-0.2, -0.15) is 0 Å². The molecule has 2 aromatic heterocycles. The molecule has 1 aromatic carbocycles. The number of hydrogen-bond acceptors (Lipinski definition) is 4. The van der Waals surface area contributed by atoms with E-state index in [0.29, 0.717) is 11.5 Å². The first-order valence-electron chi connectivity index (χ1n) is 7.54. The van der Waals surface area contributed by atoms with Crippen LogP contribution in [0.1, 0.15) is 15.9 Å². The van der Waals surface area contributed by atoms with Crippen molar-refractivity contribution in [1.82, 2.24) is 10.3 Å². The number of carbonyl (C=O) groups is 1. The fourth-order valence-electron chi connectivity index (χ4n) is 2.30. The molecule has 0 aliphatic heterocycles. The number of alkyl halides is 3. The SMILES string of the molecule is O=C(NCc1cccnc1-c1ccco1)c1ccc(OC(F)(F)F)cc1. The largest absolute Gasteiger partial charge is 0.573 e. The average Bonchev–Trinajstić information content (AvgIpc) is 3.13. The van der Waals surface area contributed by atoms with Gasteiger partial charge in [0.05, 0.1) is 6.26 Å². The van der Waals surface area contributed by atoms with E-state index in [1.165, 1.54) is 18.4 Å². The second-order valence-corrected chi connectivity index (χ2v) is 5.24. The van der Waals surface area contributed by atoms with Gasteiger partial charge in [0, 0.05) is 23.9 Å². The van der Waals surface area contributed by atoms with Crippen LogP contribution in [0.4, 0.5) is 13.2 Å². The molecule has 8 heteroatoms. The summed E-state index contributed by atoms with van der Waals surface area (Å²) in [5, 5.41) is 2.70. The van der Waals surface area contributed by atoms with E-state index >= 15 is 0 Å². The van der Waals surface area contributed by atoms with Crippen molar-refractivity contribution >= 4 is 5.91 Å². The van der Waals surface area contributed by atoms with Crippen molar-refractivity contribution < 1.29 is 27.1 Å². The van der Waals surface area contributed by atoms with E-state index < -0.39 is 12.3 Å². The van der Waals surface area contributed by atoms with Crippen LogP contribution in [0.15, 0.2) is 65.4 Å². The van der Waals surface area contributed by atoms with Gasteiger partial charge in [-0.1, -0.05) is 6.07 Å². The zero-order valence-electron chi connectivity index (χ0n) is 13.3. The molecule has 0 aliphatic carbocycles. The molecule has 0 aliphatic rings. The summed E-state index contributed by atoms with van der Waals surface area (Å²) in [4.78, 5) is 16.4. The van der Waals surface area contributed by atoms with Crippen LogP contribution in [-0.4, -0.2) is 17.3 Å². The number of hydrogen-bond donors (Lipinski definition) is 1. The lowest BCUT2D eigenvalue weighted by Crippen LogP contribution is -2.23. The van der Waals surface area contributed by atoms with Crippen LogP contribution in [0.25, 0.3) is 11.5 Å². The van der Waals surface area contributed by atoms with E-state index in [1.54, 1.807) is 30.5 Å². The Kier molecular flexibility index (Phi) is 4.92. The van der Waals surface area contributed by atoms with Crippen LogP contribution < -0.4 is 10.1 Å². The lowest BCUT2D eigenvalue weighted by atomic mass is 10.1. The molecule has 0 atom stereocenters. The third kappa shape index (κ3) is 4.41. The maximum Gasteiger partial charge on any atom is 0.573 e. The van der Waals surface area contributed by atoms with Crippen LogP contribution in [0.2, 0.25) is 0 Å². The standard InChI is InChI=1S/C18H13F3N2O3/c19-18(20,21)26-14-7-5-12(6-8-14)17(24)23-11-13-3-1-9-22-16(13)15-4-2-10-25-15/h1-10H,11H2,(H,23,24). The molecule has 2 heterocycles. The van der Waals surface area contributed by atoms with Crippen LogP contribution >= 0.6 is 0 Å². The fraction of sp³-hybridized carbons (Fsp3) is 0.111. The molecular weight excluding hydrogens is 349 g/mol. The Balaban J connectivity index is 1.66. The van der Waals surface area contributed by atoms with Crippen LogP contribution in [0.3, 0.4) is 0 Å². The third-order valence-corrected chi connectivity index (χ3v) is 3.44. The molecule has 134 valence electrons. The van der Waals surface area contributed by atoms with Crippen molar-refractivity contribution in [1.29, 1.82) is 0 Å². The molecule has 0 spiro atoms. The van der Waals surface area contributed by atoms with Crippen LogP contribution in [0, 0.1) is 0 Å². The van der Waals surface area contributed by atoms with Crippen molar-refractivity contribution in [2.45, 2.75) is 12.9 Å². The predicted molar refractivity (Wildman–Crippen MR) is 86.2 cm³/mol. The second-order valence-electron chi connectivity index (χ2n) is 5.24. The van der Waals surface area contributed by atoms with Gasteiger partial charge < -0.3 is 14.5 Å². The summed E-state index contributed by atoms with van der Waals surface area (Å²) in [5.74, 6) is -0.247. The van der Waals surface area contributed by atoms with Crippen LogP contribution in [0.5, 0.6) is 5.75 Å². The number of rotatable bonds is 5. The number of nitrogens with zero attached hydrogens (tertiary/aromatic N) is 1. The van der Waals surface area contributed by atoms with Gasteiger partial charge in [-0.05, 0) is 42.5 Å². The number of benzene rings is 1. The Morgan fingerprint density at radius 1 is 1.12 bits per heavy atom. The number of ether oxygens (including phenoxy) is 1. The normalized spacial score (nSPS) is 11.2. The molecule has 3 aromatic rings. The summed E-state index contributed by atoms with van der Waals surface area (Å²) in [6, 6.07) is 11.7. The molecular formula is C18H13F3N2O3. The zero-order valence-corrected chi connectivity index (χ0v) is 13.3. The summed E-state index contributed by atoms with van der Waals surface area (Å²) in [6.45, 7) is 0.184. The number of furan rings is 1. The minimum Gasteiger partial charge on any atom is -0.463 e. The maximum absolute atomic E-state index is 12.2. The summed E-state index contributed by atoms with van der Waals surface area (Å²) in [6.07, 6.45) is -1.63. The third-order valence-electron chi connectivity index (χ3n) is 3.44. The topological polar surface area (TPSA) is 64.4 Å². The Hall–Kier alpha value is -3.29. The maximum atomic E-state index is 12.2. The summed E-state index contributed by atoms with van der Waals surface area (Å²) in [5.41, 5.74) is 1.56. The van der Waals surface area contributed by atoms with Crippen molar-refractivity contribution in [2.24, 2.45) is 0 Å². The van der Waals surface area contributed by atoms with Gasteiger partial charge in [-0.25, -0.2) is 0 Å². The van der Waals surface area contributed by atoms with Gasteiger partial charge in [-0.15, -0.1) is 13.2 Å². The van der Waals surface area contributed by atoms with Crippen LogP contribution in [-0.2, 0) is 6.54 Å². The summed E-state index contributed by atoms with van der Waals surface area (Å²) < 4.78 is 45.5. The second kappa shape index (κ2) is 7.30. The molecule has 3 rings (SSSR count). The Morgan fingerprint density at radius 3 is 2.54 bits per heavy atom. The lowest BCUT2D eigenvalue weighted by molar-refractivity contribution is -0.274. The Labute approximate surface area is 146 Å². The zero-order chi connectivity index (χ0) is 18.6. The minimum atomic E-state index is -4.77. The highest BCUT2D eigenvalue weighted by atomic mass is 19.4. The van der Waals surface area contributed by atoms with E-state index in [1.807, 2.05) is 0 Å². The molecule has 0 unspecified atom stereocenters. The monoisotopic (exact) mass is 362 g/mol. The number of aromatic nitrogens is 1. The molecule has 26 heavy (non-hydrogen) atoms. The van der Waals surface area contributed by atoms with E-state index in [-0.39, 0.29) is 17.9 Å². The minimum absolute atomic E-state index is 0.184. The summed E-state index contributed by atoms with van der Waals surface area (Å²) >= 11 is 0. The highest BCUT2D eigenvalue weighted by molar-refractivity contribution is 5.94. The lowest BCUT2D eigenvalue weighted by Gasteiger charge is -2.10. The number of halogens is 3. The first kappa shape index (κ1) is 17.5. The number of pyridine rings is 1. The fourth-order valence-corrected chi connectivity index (χ4v) is 2.30. The van der Waals surface area contributed by atoms with Gasteiger partial charge in [0.2, 0.25) is 0 Å². The highest BCUT2D eigenvalue weighted by Gasteiger charge is 2.31. The molecule has 1 amide bonds. The molecule has 1 N–H and O–H groups in total.